The van der Waals surface area contributed by atoms with Gasteiger partial charge >= 0.3 is 6.61 Å². The maximum absolute atomic E-state index is 13.9. The molecule has 0 aliphatic carbocycles. The summed E-state index contributed by atoms with van der Waals surface area (Å²) in [6.45, 7) is -2.99. The monoisotopic (exact) mass is 422 g/mol. The van der Waals surface area contributed by atoms with Crippen LogP contribution in [0.5, 0.6) is 5.75 Å². The first kappa shape index (κ1) is 20.7. The summed E-state index contributed by atoms with van der Waals surface area (Å²) in [5, 5.41) is 4.97. The summed E-state index contributed by atoms with van der Waals surface area (Å²) in [5.41, 5.74) is -0.116. The van der Waals surface area contributed by atoms with Crippen LogP contribution in [-0.2, 0) is 20.9 Å². The minimum atomic E-state index is -4.55. The van der Waals surface area contributed by atoms with E-state index in [0.29, 0.717) is 9.87 Å². The zero-order valence-electron chi connectivity index (χ0n) is 13.3. The third kappa shape index (κ3) is 5.45. The number of nitrogens with zero attached hydrogens (tertiary/aromatic N) is 1. The molecule has 0 aliphatic rings. The van der Waals surface area contributed by atoms with Gasteiger partial charge in [0.25, 0.3) is 0 Å². The van der Waals surface area contributed by atoms with Crippen LogP contribution in [-0.4, -0.2) is 23.4 Å². The Morgan fingerprint density at radius 1 is 1.11 bits per heavy atom. The largest absolute Gasteiger partial charge is 0.435 e. The Morgan fingerprint density at radius 2 is 1.74 bits per heavy atom. The lowest BCUT2D eigenvalue weighted by molar-refractivity contribution is -0.0498. The third-order valence-electron chi connectivity index (χ3n) is 3.17. The SMILES string of the molecule is NS(=O)(=O)c1c(F)cccc1N(C=Cc1ccc(OC(F)F)cc1)[SH](=O)=O. The third-order valence-corrected chi connectivity index (χ3v) is 4.84. The molecule has 0 atom stereocenters. The molecule has 0 heterocycles. The molecule has 0 aromatic heterocycles. The molecule has 2 aromatic carbocycles. The lowest BCUT2D eigenvalue weighted by Crippen LogP contribution is -2.21. The van der Waals surface area contributed by atoms with Crippen molar-refractivity contribution in [3.05, 3.63) is 60.0 Å². The quantitative estimate of drug-likeness (QED) is 0.665. The first-order valence-electron chi connectivity index (χ1n) is 7.07. The van der Waals surface area contributed by atoms with Gasteiger partial charge in [0.1, 0.15) is 16.5 Å². The molecule has 0 radical (unpaired) electrons. The number of hydrogen-bond acceptors (Lipinski definition) is 5. The van der Waals surface area contributed by atoms with E-state index in [9.17, 15) is 30.0 Å². The number of primary sulfonamides is 1. The number of halogens is 3. The summed E-state index contributed by atoms with van der Waals surface area (Å²) in [6.07, 6.45) is 2.22. The lowest BCUT2D eigenvalue weighted by atomic mass is 10.2. The van der Waals surface area contributed by atoms with Crippen molar-refractivity contribution < 1.29 is 34.7 Å². The van der Waals surface area contributed by atoms with Crippen molar-refractivity contribution in [3.8, 4) is 5.75 Å². The number of rotatable bonds is 7. The highest BCUT2D eigenvalue weighted by Gasteiger charge is 2.23. The van der Waals surface area contributed by atoms with Crippen LogP contribution < -0.4 is 14.2 Å². The van der Waals surface area contributed by atoms with Gasteiger partial charge in [0.2, 0.25) is 20.9 Å². The fraction of sp³-hybridized carbons (Fsp3) is 0.0667. The molecule has 0 unspecified atom stereocenters. The zero-order valence-corrected chi connectivity index (χ0v) is 15.0. The van der Waals surface area contributed by atoms with Gasteiger partial charge in [0, 0.05) is 6.20 Å². The molecule has 0 saturated heterocycles. The van der Waals surface area contributed by atoms with Crippen LogP contribution >= 0.6 is 0 Å². The molecule has 2 rings (SSSR count). The predicted octanol–water partition coefficient (Wildman–Crippen LogP) is 2.08. The minimum Gasteiger partial charge on any atom is -0.435 e. The minimum absolute atomic E-state index is 0.101. The zero-order chi connectivity index (χ0) is 20.2. The van der Waals surface area contributed by atoms with Crippen LogP contribution in [0.4, 0.5) is 18.9 Å². The lowest BCUT2D eigenvalue weighted by Gasteiger charge is -2.16. The van der Waals surface area contributed by atoms with Gasteiger partial charge in [0.15, 0.2) is 0 Å². The molecule has 0 saturated carbocycles. The van der Waals surface area contributed by atoms with E-state index in [1.165, 1.54) is 30.3 Å². The molecule has 146 valence electrons. The number of anilines is 1. The summed E-state index contributed by atoms with van der Waals surface area (Å²) >= 11 is 0. The fourth-order valence-corrected chi connectivity index (χ4v) is 3.48. The van der Waals surface area contributed by atoms with Crippen molar-refractivity contribution in [2.45, 2.75) is 11.5 Å². The number of sulfonamides is 1. The second-order valence-electron chi connectivity index (χ2n) is 4.98. The average Bonchev–Trinajstić information content (AvgIpc) is 2.54. The van der Waals surface area contributed by atoms with E-state index in [1.54, 1.807) is 0 Å². The maximum atomic E-state index is 13.9. The summed E-state index contributed by atoms with van der Waals surface area (Å²) in [7, 11) is -7.94. The normalized spacial score (nSPS) is 12.1. The van der Waals surface area contributed by atoms with Crippen LogP contribution in [0.3, 0.4) is 0 Å². The number of nitrogens with two attached hydrogens (primary N) is 1. The molecule has 0 amide bonds. The molecule has 0 bridgehead atoms. The first-order chi connectivity index (χ1) is 12.6. The number of benzene rings is 2. The smallest absolute Gasteiger partial charge is 0.387 e. The highest BCUT2D eigenvalue weighted by atomic mass is 32.2. The molecule has 7 nitrogen and oxygen atoms in total. The van der Waals surface area contributed by atoms with Gasteiger partial charge in [-0.25, -0.2) is 30.7 Å². The van der Waals surface area contributed by atoms with Gasteiger partial charge in [-0.3, -0.25) is 0 Å². The Labute approximate surface area is 154 Å². The van der Waals surface area contributed by atoms with Gasteiger partial charge in [-0.2, -0.15) is 8.78 Å². The van der Waals surface area contributed by atoms with E-state index in [1.807, 2.05) is 0 Å². The highest BCUT2D eigenvalue weighted by Crippen LogP contribution is 2.28. The Morgan fingerprint density at radius 3 is 2.26 bits per heavy atom. The van der Waals surface area contributed by atoms with Gasteiger partial charge in [0.05, 0.1) is 5.69 Å². The maximum Gasteiger partial charge on any atom is 0.387 e. The fourth-order valence-electron chi connectivity index (χ4n) is 2.10. The first-order valence-corrected chi connectivity index (χ1v) is 9.75. The molecule has 2 aromatic rings. The predicted molar refractivity (Wildman–Crippen MR) is 92.7 cm³/mol. The van der Waals surface area contributed by atoms with E-state index in [-0.39, 0.29) is 5.75 Å². The molecule has 27 heavy (non-hydrogen) atoms. The van der Waals surface area contributed by atoms with E-state index in [2.05, 4.69) is 4.74 Å². The molecule has 0 spiro atoms. The Kier molecular flexibility index (Phi) is 6.46. The summed E-state index contributed by atoms with van der Waals surface area (Å²) in [4.78, 5) is -0.977. The topological polar surface area (TPSA) is 107 Å². The van der Waals surface area contributed by atoms with E-state index < -0.39 is 43.9 Å². The van der Waals surface area contributed by atoms with Crippen molar-refractivity contribution in [2.75, 3.05) is 4.31 Å². The van der Waals surface area contributed by atoms with Crippen LogP contribution in [0.1, 0.15) is 5.56 Å². The second kappa shape index (κ2) is 8.41. The van der Waals surface area contributed by atoms with Crippen LogP contribution in [0.25, 0.3) is 6.08 Å². The van der Waals surface area contributed by atoms with Gasteiger partial charge in [-0.05, 0) is 35.9 Å². The number of ether oxygens (including phenoxy) is 1. The number of alkyl halides is 2. The van der Waals surface area contributed by atoms with Crippen molar-refractivity contribution >= 4 is 32.7 Å². The van der Waals surface area contributed by atoms with E-state index >= 15 is 0 Å². The standard InChI is InChI=1S/C15H13F3N2O5S2/c16-12-2-1-3-13(14(12)27(19,23)24)20(26(21)22)9-8-10-4-6-11(7-5-10)25-15(17)18/h1-9,15,26H,(H2,19,23,24). The Bertz CT molecular complexity index is 1010. The van der Waals surface area contributed by atoms with Crippen LogP contribution in [0.2, 0.25) is 0 Å². The van der Waals surface area contributed by atoms with Crippen LogP contribution in [0.15, 0.2) is 53.6 Å². The second-order valence-corrected chi connectivity index (χ2v) is 7.38. The highest BCUT2D eigenvalue weighted by molar-refractivity contribution is 7.89. The van der Waals surface area contributed by atoms with Crippen molar-refractivity contribution in [2.24, 2.45) is 5.14 Å². The molecule has 0 aliphatic heterocycles. The summed E-state index contributed by atoms with van der Waals surface area (Å²) < 4.78 is 89.1. The van der Waals surface area contributed by atoms with Gasteiger partial charge in [-0.15, -0.1) is 0 Å². The molecule has 0 fully saturated rings. The van der Waals surface area contributed by atoms with E-state index in [4.69, 9.17) is 5.14 Å². The average molecular weight is 422 g/mol. The van der Waals surface area contributed by atoms with Crippen molar-refractivity contribution in [1.29, 1.82) is 0 Å². The van der Waals surface area contributed by atoms with Crippen molar-refractivity contribution in [1.82, 2.24) is 0 Å². The number of thiol groups is 1. The Hall–Kier alpha value is -2.57. The molecular weight excluding hydrogens is 409 g/mol. The summed E-state index contributed by atoms with van der Waals surface area (Å²) in [6, 6.07) is 8.18. The van der Waals surface area contributed by atoms with Crippen LogP contribution in [0, 0.1) is 5.82 Å². The van der Waals surface area contributed by atoms with E-state index in [0.717, 1.165) is 24.4 Å². The molecule has 2 N–H and O–H groups in total. The van der Waals surface area contributed by atoms with Gasteiger partial charge in [-0.1, -0.05) is 18.2 Å². The Balaban J connectivity index is 2.40. The number of hydrogen-bond donors (Lipinski definition) is 2. The molecular formula is C15H13F3N2O5S2. The summed E-state index contributed by atoms with van der Waals surface area (Å²) in [5.74, 6) is -1.31. The van der Waals surface area contributed by atoms with Crippen molar-refractivity contribution in [3.63, 3.8) is 0 Å². The molecule has 12 heteroatoms. The van der Waals surface area contributed by atoms with Gasteiger partial charge < -0.3 is 4.74 Å².